The van der Waals surface area contributed by atoms with Gasteiger partial charge in [0.15, 0.2) is 0 Å². The smallest absolute Gasteiger partial charge is 0.223 e. The number of nitrogens with two attached hydrogens (primary N) is 1. The molecule has 8 heteroatoms. The van der Waals surface area contributed by atoms with E-state index in [-0.39, 0.29) is 17.9 Å². The summed E-state index contributed by atoms with van der Waals surface area (Å²) in [6.45, 7) is 1.52. The van der Waals surface area contributed by atoms with E-state index in [0.29, 0.717) is 25.6 Å². The van der Waals surface area contributed by atoms with Crippen molar-refractivity contribution >= 4 is 28.1 Å². The number of aromatic nitrogens is 2. The molecule has 1 amide bonds. The average molecular weight is 413 g/mol. The number of nitrogens with zero attached hydrogens (tertiary/aromatic N) is 2. The Morgan fingerprint density at radius 3 is 3.00 bits per heavy atom. The molecule has 1 saturated heterocycles. The number of carbonyl (C=O) groups excluding carboxylic acids is 1. The first-order chi connectivity index (χ1) is 14.2. The minimum absolute atomic E-state index is 0.329. The molecule has 0 spiro atoms. The van der Waals surface area contributed by atoms with E-state index in [4.69, 9.17) is 24.9 Å². The van der Waals surface area contributed by atoms with Crippen LogP contribution in [0.25, 0.3) is 21.5 Å². The second kappa shape index (κ2) is 8.86. The lowest BCUT2D eigenvalue weighted by Crippen LogP contribution is -2.33. The van der Waals surface area contributed by atoms with E-state index in [1.807, 2.05) is 24.3 Å². The maximum Gasteiger partial charge on any atom is 0.223 e. The summed E-state index contributed by atoms with van der Waals surface area (Å²) in [4.78, 5) is 21.8. The Balaban J connectivity index is 1.76. The van der Waals surface area contributed by atoms with Crippen LogP contribution < -0.4 is 10.5 Å². The summed E-state index contributed by atoms with van der Waals surface area (Å²) < 4.78 is 17.0. The Bertz CT molecular complexity index is 993. The first kappa shape index (κ1) is 19.8. The fraction of sp³-hybridized carbons (Fsp3) is 0.381. The molecule has 2 N–H and O–H groups in total. The number of amides is 1. The Kier molecular flexibility index (Phi) is 6.03. The van der Waals surface area contributed by atoms with E-state index in [1.54, 1.807) is 18.8 Å². The van der Waals surface area contributed by atoms with Gasteiger partial charge < -0.3 is 19.9 Å². The Hall–Kier alpha value is -2.55. The summed E-state index contributed by atoms with van der Waals surface area (Å²) in [7, 11) is 1.64. The van der Waals surface area contributed by atoms with Crippen LogP contribution in [0.1, 0.15) is 24.5 Å². The SMILES string of the molecule is COCCOc1cc(-c2cncs2)nc2ccc(C3OCCCC3C(N)=O)cc12. The highest BCUT2D eigenvalue weighted by atomic mass is 32.1. The van der Waals surface area contributed by atoms with Gasteiger partial charge in [-0.1, -0.05) is 6.07 Å². The lowest BCUT2D eigenvalue weighted by Gasteiger charge is -2.30. The molecule has 1 aliphatic heterocycles. The number of benzene rings is 1. The van der Waals surface area contributed by atoms with Gasteiger partial charge in [0.1, 0.15) is 12.4 Å². The molecule has 7 nitrogen and oxygen atoms in total. The number of hydrogen-bond donors (Lipinski definition) is 1. The average Bonchev–Trinajstić information content (AvgIpc) is 3.28. The van der Waals surface area contributed by atoms with E-state index < -0.39 is 0 Å². The molecule has 29 heavy (non-hydrogen) atoms. The van der Waals surface area contributed by atoms with Gasteiger partial charge in [-0.2, -0.15) is 0 Å². The van der Waals surface area contributed by atoms with E-state index in [9.17, 15) is 4.79 Å². The fourth-order valence-electron chi connectivity index (χ4n) is 3.61. The molecule has 3 heterocycles. The summed E-state index contributed by atoms with van der Waals surface area (Å²) in [6.07, 6.45) is 3.01. The molecule has 2 unspecified atom stereocenters. The predicted octanol–water partition coefficient (Wildman–Crippen LogP) is 3.34. The van der Waals surface area contributed by atoms with Crippen molar-refractivity contribution in [3.63, 3.8) is 0 Å². The highest BCUT2D eigenvalue weighted by Gasteiger charge is 2.32. The number of ether oxygens (including phenoxy) is 3. The summed E-state index contributed by atoms with van der Waals surface area (Å²) in [5.74, 6) is 0.0530. The summed E-state index contributed by atoms with van der Waals surface area (Å²) in [5.41, 5.74) is 9.92. The van der Waals surface area contributed by atoms with Gasteiger partial charge >= 0.3 is 0 Å². The largest absolute Gasteiger partial charge is 0.490 e. The topological polar surface area (TPSA) is 96.6 Å². The Labute approximate surface area is 172 Å². The zero-order chi connectivity index (χ0) is 20.2. The van der Waals surface area contributed by atoms with Crippen molar-refractivity contribution in [3.05, 3.63) is 41.5 Å². The zero-order valence-electron chi connectivity index (χ0n) is 16.2. The molecule has 0 bridgehead atoms. The molecule has 4 rings (SSSR count). The molecule has 0 saturated carbocycles. The van der Waals surface area contributed by atoms with Gasteiger partial charge in [-0.05, 0) is 30.5 Å². The molecule has 0 radical (unpaired) electrons. The first-order valence-electron chi connectivity index (χ1n) is 9.53. The normalized spacial score (nSPS) is 19.3. The lowest BCUT2D eigenvalue weighted by atomic mass is 9.88. The summed E-state index contributed by atoms with van der Waals surface area (Å²) in [6, 6.07) is 7.81. The molecular formula is C21H23N3O4S. The molecule has 0 aliphatic carbocycles. The van der Waals surface area contributed by atoms with Gasteiger partial charge in [-0.25, -0.2) is 4.98 Å². The third kappa shape index (κ3) is 4.24. The van der Waals surface area contributed by atoms with Crippen molar-refractivity contribution in [1.82, 2.24) is 9.97 Å². The third-order valence-electron chi connectivity index (χ3n) is 5.04. The third-order valence-corrected chi connectivity index (χ3v) is 5.84. The van der Waals surface area contributed by atoms with Gasteiger partial charge in [-0.15, -0.1) is 11.3 Å². The van der Waals surface area contributed by atoms with Crippen molar-refractivity contribution < 1.29 is 19.0 Å². The number of methoxy groups -OCH3 is 1. The van der Waals surface area contributed by atoms with Crippen LogP contribution in [0.2, 0.25) is 0 Å². The second-order valence-corrected chi connectivity index (χ2v) is 7.82. The number of thiazole rings is 1. The standard InChI is InChI=1S/C21H23N3O4S/c1-26-7-8-27-18-10-17(19-11-23-12-29-19)24-16-5-4-13(9-15(16)18)20-14(21(22)25)3-2-6-28-20/h4-5,9-12,14,20H,2-3,6-8H2,1H3,(H2,22,25). The van der Waals surface area contributed by atoms with Gasteiger partial charge in [0, 0.05) is 31.4 Å². The van der Waals surface area contributed by atoms with Crippen LogP contribution in [0.15, 0.2) is 36.0 Å². The minimum Gasteiger partial charge on any atom is -0.490 e. The van der Waals surface area contributed by atoms with Crippen LogP contribution in [-0.2, 0) is 14.3 Å². The molecule has 1 aliphatic rings. The zero-order valence-corrected chi connectivity index (χ0v) is 17.0. The van der Waals surface area contributed by atoms with Crippen molar-refractivity contribution in [3.8, 4) is 16.3 Å². The predicted molar refractivity (Wildman–Crippen MR) is 111 cm³/mol. The van der Waals surface area contributed by atoms with E-state index in [2.05, 4.69) is 4.98 Å². The Morgan fingerprint density at radius 2 is 2.24 bits per heavy atom. The molecule has 3 aromatic rings. The van der Waals surface area contributed by atoms with E-state index >= 15 is 0 Å². The number of primary amides is 1. The lowest BCUT2D eigenvalue weighted by molar-refractivity contribution is -0.131. The second-order valence-electron chi connectivity index (χ2n) is 6.93. The van der Waals surface area contributed by atoms with E-state index in [0.717, 1.165) is 39.9 Å². The van der Waals surface area contributed by atoms with Gasteiger partial charge in [-0.3, -0.25) is 9.78 Å². The van der Waals surface area contributed by atoms with Crippen LogP contribution in [-0.4, -0.2) is 42.8 Å². The van der Waals surface area contributed by atoms with Crippen molar-refractivity contribution in [2.45, 2.75) is 18.9 Å². The monoisotopic (exact) mass is 413 g/mol. The van der Waals surface area contributed by atoms with Crippen molar-refractivity contribution in [2.75, 3.05) is 26.9 Å². The van der Waals surface area contributed by atoms with Crippen LogP contribution in [0.3, 0.4) is 0 Å². The molecule has 2 atom stereocenters. The summed E-state index contributed by atoms with van der Waals surface area (Å²) >= 11 is 1.53. The molecule has 152 valence electrons. The fourth-order valence-corrected chi connectivity index (χ4v) is 4.20. The number of fused-ring (bicyclic) bond motifs is 1. The van der Waals surface area contributed by atoms with Crippen LogP contribution in [0.5, 0.6) is 5.75 Å². The van der Waals surface area contributed by atoms with Gasteiger partial charge in [0.05, 0.1) is 40.2 Å². The molecule has 1 aromatic carbocycles. The quantitative estimate of drug-likeness (QED) is 0.597. The Morgan fingerprint density at radius 1 is 1.34 bits per heavy atom. The maximum atomic E-state index is 11.9. The molecule has 2 aromatic heterocycles. The number of hydrogen-bond acceptors (Lipinski definition) is 7. The molecular weight excluding hydrogens is 390 g/mol. The van der Waals surface area contributed by atoms with Gasteiger partial charge in [0.25, 0.3) is 0 Å². The van der Waals surface area contributed by atoms with Crippen LogP contribution in [0, 0.1) is 5.92 Å². The highest BCUT2D eigenvalue weighted by molar-refractivity contribution is 7.13. The maximum absolute atomic E-state index is 11.9. The number of pyridine rings is 1. The van der Waals surface area contributed by atoms with Crippen molar-refractivity contribution in [1.29, 1.82) is 0 Å². The van der Waals surface area contributed by atoms with Crippen molar-refractivity contribution in [2.24, 2.45) is 11.7 Å². The number of rotatable bonds is 7. The number of carbonyl (C=O) groups is 1. The highest BCUT2D eigenvalue weighted by Crippen LogP contribution is 2.37. The van der Waals surface area contributed by atoms with Crippen LogP contribution >= 0.6 is 11.3 Å². The summed E-state index contributed by atoms with van der Waals surface area (Å²) in [5, 5.41) is 0.865. The first-order valence-corrected chi connectivity index (χ1v) is 10.4. The van der Waals surface area contributed by atoms with Crippen LogP contribution in [0.4, 0.5) is 0 Å². The van der Waals surface area contributed by atoms with E-state index in [1.165, 1.54) is 11.3 Å². The molecule has 1 fully saturated rings. The minimum atomic E-state index is -0.348. The van der Waals surface area contributed by atoms with Gasteiger partial charge in [0.2, 0.25) is 5.91 Å².